The average molecular weight is 402 g/mol. The van der Waals surface area contributed by atoms with Crippen LogP contribution in [0.3, 0.4) is 0 Å². The molecule has 0 saturated heterocycles. The Labute approximate surface area is 174 Å². The fourth-order valence-electron chi connectivity index (χ4n) is 4.39. The number of nitrogens with one attached hydrogen (secondary N) is 1. The van der Waals surface area contributed by atoms with Gasteiger partial charge in [0.25, 0.3) is 0 Å². The number of benzene rings is 1. The minimum atomic E-state index is 0.218. The predicted molar refractivity (Wildman–Crippen MR) is 112 cm³/mol. The number of nitrogens with two attached hydrogens (primary N) is 1. The molecule has 152 valence electrons. The molecule has 5 rings (SSSR count). The minimum absolute atomic E-state index is 0.218. The summed E-state index contributed by atoms with van der Waals surface area (Å²) in [6.45, 7) is 2.58. The van der Waals surface area contributed by atoms with Gasteiger partial charge in [-0.15, -0.1) is 0 Å². The lowest BCUT2D eigenvalue weighted by atomic mass is 9.97. The predicted octanol–water partition coefficient (Wildman–Crippen LogP) is 2.48. The van der Waals surface area contributed by atoms with E-state index in [2.05, 4.69) is 22.4 Å². The number of nitrogen functional groups attached to an aromatic ring is 1. The topological polar surface area (TPSA) is 111 Å². The molecule has 0 fully saturated rings. The lowest BCUT2D eigenvalue weighted by Crippen LogP contribution is -2.11. The Morgan fingerprint density at radius 1 is 1.20 bits per heavy atom. The van der Waals surface area contributed by atoms with E-state index in [1.54, 1.807) is 14.2 Å². The van der Waals surface area contributed by atoms with Crippen LogP contribution in [0.1, 0.15) is 28.8 Å². The monoisotopic (exact) mass is 402 g/mol. The fraction of sp³-hybridized carbons (Fsp3) is 0.318. The zero-order valence-corrected chi connectivity index (χ0v) is 17.0. The van der Waals surface area contributed by atoms with Gasteiger partial charge in [0.2, 0.25) is 0 Å². The summed E-state index contributed by atoms with van der Waals surface area (Å²) in [6.07, 6.45) is 1.64. The highest BCUT2D eigenvalue weighted by atomic mass is 16.5. The summed E-state index contributed by atoms with van der Waals surface area (Å²) in [4.78, 5) is 4.59. The molecule has 0 amide bonds. The molecule has 0 radical (unpaired) electrons. The first kappa shape index (κ1) is 18.5. The van der Waals surface area contributed by atoms with Gasteiger partial charge in [-0.1, -0.05) is 0 Å². The molecular weight excluding hydrogens is 380 g/mol. The Hall–Kier alpha value is -3.57. The van der Waals surface area contributed by atoms with Gasteiger partial charge in [0.1, 0.15) is 17.5 Å². The first-order chi connectivity index (χ1) is 14.6. The summed E-state index contributed by atoms with van der Waals surface area (Å²) >= 11 is 0. The quantitative estimate of drug-likeness (QED) is 0.541. The van der Waals surface area contributed by atoms with Crippen molar-refractivity contribution in [2.75, 3.05) is 26.5 Å². The Kier molecular flexibility index (Phi) is 4.33. The van der Waals surface area contributed by atoms with Crippen molar-refractivity contribution in [2.45, 2.75) is 25.9 Å². The Balaban J connectivity index is 1.72. The van der Waals surface area contributed by atoms with Crippen LogP contribution < -0.4 is 20.5 Å². The summed E-state index contributed by atoms with van der Waals surface area (Å²) < 4.78 is 13.0. The molecule has 3 heterocycles. The first-order valence-electron chi connectivity index (χ1n) is 9.90. The third kappa shape index (κ3) is 2.70. The first-order valence-corrected chi connectivity index (χ1v) is 9.90. The number of methoxy groups -OCH3 is 2. The van der Waals surface area contributed by atoms with Gasteiger partial charge in [0.05, 0.1) is 31.3 Å². The number of hydrogen-bond donors (Lipinski definition) is 2. The van der Waals surface area contributed by atoms with Crippen molar-refractivity contribution < 1.29 is 9.47 Å². The van der Waals surface area contributed by atoms with Crippen LogP contribution in [0.15, 0.2) is 18.2 Å². The molecule has 8 heteroatoms. The smallest absolute Gasteiger partial charge is 0.161 e. The summed E-state index contributed by atoms with van der Waals surface area (Å²) in [5.41, 5.74) is 13.0. The van der Waals surface area contributed by atoms with Gasteiger partial charge in [0, 0.05) is 30.6 Å². The highest BCUT2D eigenvalue weighted by Crippen LogP contribution is 2.46. The summed E-state index contributed by atoms with van der Waals surface area (Å²) in [6, 6.07) is 8.20. The second-order valence-corrected chi connectivity index (χ2v) is 7.50. The summed E-state index contributed by atoms with van der Waals surface area (Å²) in [5.74, 6) is 1.52. The van der Waals surface area contributed by atoms with Crippen LogP contribution in [0.2, 0.25) is 0 Å². The highest BCUT2D eigenvalue weighted by Gasteiger charge is 2.30. The lowest BCUT2D eigenvalue weighted by molar-refractivity contribution is 0.355. The molecule has 0 spiro atoms. The highest BCUT2D eigenvalue weighted by molar-refractivity contribution is 5.88. The molecule has 1 aromatic carbocycles. The number of nitrogens with zero attached hydrogens (tertiary/aromatic N) is 4. The van der Waals surface area contributed by atoms with Gasteiger partial charge >= 0.3 is 0 Å². The van der Waals surface area contributed by atoms with Crippen LogP contribution in [-0.2, 0) is 19.5 Å². The number of anilines is 1. The zero-order chi connectivity index (χ0) is 20.8. The molecule has 1 aliphatic heterocycles. The van der Waals surface area contributed by atoms with E-state index in [0.29, 0.717) is 23.5 Å². The number of rotatable bonds is 3. The maximum Gasteiger partial charge on any atom is 0.161 e. The van der Waals surface area contributed by atoms with Crippen LogP contribution in [0, 0.1) is 11.3 Å². The van der Waals surface area contributed by atoms with Gasteiger partial charge in [-0.25, -0.2) is 4.98 Å². The number of fused-ring (bicyclic) bond motifs is 4. The summed E-state index contributed by atoms with van der Waals surface area (Å²) in [7, 11) is 3.23. The molecule has 2 aromatic heterocycles. The van der Waals surface area contributed by atoms with Gasteiger partial charge in [0.15, 0.2) is 11.5 Å². The van der Waals surface area contributed by atoms with E-state index in [1.807, 2.05) is 16.8 Å². The zero-order valence-electron chi connectivity index (χ0n) is 17.0. The van der Waals surface area contributed by atoms with E-state index in [-0.39, 0.29) is 5.82 Å². The van der Waals surface area contributed by atoms with Gasteiger partial charge < -0.3 is 20.5 Å². The molecule has 0 atom stereocenters. The van der Waals surface area contributed by atoms with Crippen molar-refractivity contribution in [3.63, 3.8) is 0 Å². The number of nitriles is 1. The molecule has 1 aliphatic carbocycles. The minimum Gasteiger partial charge on any atom is -0.493 e. The van der Waals surface area contributed by atoms with Crippen LogP contribution in [0.25, 0.3) is 22.5 Å². The number of ether oxygens (including phenoxy) is 2. The molecule has 2 aliphatic rings. The Bertz CT molecular complexity index is 1180. The number of pyridine rings is 1. The number of aromatic nitrogens is 3. The van der Waals surface area contributed by atoms with Crippen molar-refractivity contribution in [3.8, 4) is 40.1 Å². The van der Waals surface area contributed by atoms with Gasteiger partial charge in [-0.2, -0.15) is 10.4 Å². The second kappa shape index (κ2) is 7.04. The maximum atomic E-state index is 9.86. The molecule has 0 unspecified atom stereocenters. The second-order valence-electron chi connectivity index (χ2n) is 7.50. The molecule has 3 aromatic rings. The summed E-state index contributed by atoms with van der Waals surface area (Å²) in [5, 5.41) is 18.1. The molecule has 8 nitrogen and oxygen atoms in total. The lowest BCUT2D eigenvalue weighted by Gasteiger charge is -2.11. The third-order valence-electron chi connectivity index (χ3n) is 5.82. The largest absolute Gasteiger partial charge is 0.493 e. The van der Waals surface area contributed by atoms with Crippen molar-refractivity contribution in [1.82, 2.24) is 20.1 Å². The van der Waals surface area contributed by atoms with E-state index in [1.165, 1.54) is 0 Å². The molecule has 0 saturated carbocycles. The van der Waals surface area contributed by atoms with Gasteiger partial charge in [-0.05, 0) is 42.3 Å². The van der Waals surface area contributed by atoms with E-state index in [0.717, 1.165) is 65.4 Å². The van der Waals surface area contributed by atoms with Crippen LogP contribution in [-0.4, -0.2) is 35.5 Å². The van der Waals surface area contributed by atoms with Crippen LogP contribution in [0.5, 0.6) is 11.5 Å². The fourth-order valence-corrected chi connectivity index (χ4v) is 4.39. The molecule has 30 heavy (non-hydrogen) atoms. The number of aryl methyl sites for hydroxylation is 1. The van der Waals surface area contributed by atoms with Gasteiger partial charge in [-0.3, -0.25) is 4.68 Å². The average Bonchev–Trinajstić information content (AvgIpc) is 3.24. The molecule has 3 N–H and O–H groups in total. The van der Waals surface area contributed by atoms with Crippen molar-refractivity contribution in [1.29, 1.82) is 5.26 Å². The Morgan fingerprint density at radius 3 is 2.77 bits per heavy atom. The van der Waals surface area contributed by atoms with E-state index < -0.39 is 0 Å². The SMILES string of the molecule is COc1cc2c(cc1OC)-c1nc(N)c(C#N)c(-c3cc4n(n3)CCCNC4)c1C2. The van der Waals surface area contributed by atoms with Crippen molar-refractivity contribution in [2.24, 2.45) is 0 Å². The van der Waals surface area contributed by atoms with E-state index >= 15 is 0 Å². The molecule has 0 bridgehead atoms. The molecular formula is C22H22N6O2. The maximum absolute atomic E-state index is 9.86. The third-order valence-corrected chi connectivity index (χ3v) is 5.82. The van der Waals surface area contributed by atoms with Crippen LogP contribution in [0.4, 0.5) is 5.82 Å². The Morgan fingerprint density at radius 2 is 2.00 bits per heavy atom. The van der Waals surface area contributed by atoms with Crippen molar-refractivity contribution in [3.05, 3.63) is 40.6 Å². The number of hydrogen-bond acceptors (Lipinski definition) is 7. The normalized spacial score (nSPS) is 14.3. The van der Waals surface area contributed by atoms with E-state index in [4.69, 9.17) is 20.3 Å². The standard InChI is InChI=1S/C22H22N6O2/c1-29-18-7-12-6-15-20(17-8-13-11-25-4-3-5-28(13)27-17)16(10-23)22(24)26-21(15)14(12)9-19(18)30-2/h7-9,25H,3-6,11H2,1-2H3,(H2,24,26). The van der Waals surface area contributed by atoms with Crippen molar-refractivity contribution >= 4 is 5.82 Å². The van der Waals surface area contributed by atoms with Crippen LogP contribution >= 0.6 is 0 Å². The van der Waals surface area contributed by atoms with E-state index in [9.17, 15) is 5.26 Å².